The molecule has 0 spiro atoms. The van der Waals surface area contributed by atoms with E-state index < -0.39 is 0 Å². The molecule has 4 aromatic rings. The van der Waals surface area contributed by atoms with Gasteiger partial charge in [-0.2, -0.15) is 0 Å². The Bertz CT molecular complexity index is 1200. The molecule has 180 valence electrons. The third-order valence-electron chi connectivity index (χ3n) is 5.70. The van der Waals surface area contributed by atoms with Crippen molar-refractivity contribution in [1.82, 2.24) is 9.97 Å². The number of H-pyrrole nitrogens is 1. The number of carbonyl (C=O) groups excluding carboxylic acids is 1. The number of aromatic nitrogens is 2. The van der Waals surface area contributed by atoms with Crippen LogP contribution in [0.4, 0.5) is 5.69 Å². The Morgan fingerprint density at radius 2 is 1.51 bits per heavy atom. The second kappa shape index (κ2) is 11.3. The van der Waals surface area contributed by atoms with Crippen molar-refractivity contribution in [2.45, 2.75) is 44.5 Å². The normalized spacial score (nSPS) is 11.8. The zero-order chi connectivity index (χ0) is 24.8. The number of rotatable bonds is 9. The number of carbonyl (C=O) groups is 1. The van der Waals surface area contributed by atoms with Crippen molar-refractivity contribution < 1.29 is 9.53 Å². The molecule has 0 radical (unpaired) electrons. The molecular formula is C29H31N3O2S. The van der Waals surface area contributed by atoms with Gasteiger partial charge in [0.1, 0.15) is 5.75 Å². The van der Waals surface area contributed by atoms with Crippen molar-refractivity contribution in [3.63, 3.8) is 0 Å². The number of hydrogen-bond acceptors (Lipinski definition) is 4. The van der Waals surface area contributed by atoms with Gasteiger partial charge in [0.05, 0.1) is 23.2 Å². The molecule has 0 aliphatic heterocycles. The minimum absolute atomic E-state index is 0.0492. The van der Waals surface area contributed by atoms with E-state index in [1.807, 2.05) is 38.1 Å². The average Bonchev–Trinajstić information content (AvgIpc) is 3.28. The predicted octanol–water partition coefficient (Wildman–Crippen LogP) is 7.27. The van der Waals surface area contributed by atoms with Crippen LogP contribution in [0.25, 0.3) is 22.5 Å². The Morgan fingerprint density at radius 3 is 2.09 bits per heavy atom. The van der Waals surface area contributed by atoms with Gasteiger partial charge in [0.15, 0.2) is 5.16 Å². The standard InChI is InChI=1S/C29H31N3O2S/c1-5-25(28(33)30-23-15-17-24(18-16-23)34-6-2)35-29-31-26(21-11-7-19(3)8-12-21)27(32-29)22-13-9-20(4)10-14-22/h7-18,25H,5-6H2,1-4H3,(H,30,33)(H,31,32). The van der Waals surface area contributed by atoms with Gasteiger partial charge in [0.25, 0.3) is 0 Å². The zero-order valence-electron chi connectivity index (χ0n) is 20.6. The van der Waals surface area contributed by atoms with E-state index in [0.29, 0.717) is 13.0 Å². The number of nitrogens with zero attached hydrogens (tertiary/aromatic N) is 1. The third kappa shape index (κ3) is 6.14. The first-order valence-corrected chi connectivity index (χ1v) is 12.8. The van der Waals surface area contributed by atoms with Crippen LogP contribution in [0.3, 0.4) is 0 Å². The Labute approximate surface area is 211 Å². The van der Waals surface area contributed by atoms with Crippen LogP contribution >= 0.6 is 11.8 Å². The molecule has 4 rings (SSSR count). The molecule has 0 saturated carbocycles. The maximum atomic E-state index is 13.1. The highest BCUT2D eigenvalue weighted by atomic mass is 32.2. The van der Waals surface area contributed by atoms with Crippen molar-refractivity contribution in [1.29, 1.82) is 0 Å². The first kappa shape index (κ1) is 24.6. The summed E-state index contributed by atoms with van der Waals surface area (Å²) in [6, 6.07) is 24.2. The van der Waals surface area contributed by atoms with E-state index in [9.17, 15) is 4.79 Å². The Kier molecular flexibility index (Phi) is 7.93. The second-order valence-corrected chi connectivity index (χ2v) is 9.65. The second-order valence-electron chi connectivity index (χ2n) is 8.46. The minimum Gasteiger partial charge on any atom is -0.494 e. The van der Waals surface area contributed by atoms with Gasteiger partial charge >= 0.3 is 0 Å². The Hall–Kier alpha value is -3.51. The molecule has 1 atom stereocenters. The van der Waals surface area contributed by atoms with E-state index in [2.05, 4.69) is 72.7 Å². The summed E-state index contributed by atoms with van der Waals surface area (Å²) in [7, 11) is 0. The van der Waals surface area contributed by atoms with Crippen LogP contribution in [-0.4, -0.2) is 27.7 Å². The summed E-state index contributed by atoms with van der Waals surface area (Å²) in [6.07, 6.45) is 0.675. The van der Waals surface area contributed by atoms with Gasteiger partial charge in [-0.25, -0.2) is 4.98 Å². The quantitative estimate of drug-likeness (QED) is 0.245. The van der Waals surface area contributed by atoms with E-state index in [1.165, 1.54) is 22.9 Å². The number of thioether (sulfide) groups is 1. The van der Waals surface area contributed by atoms with Gasteiger partial charge in [-0.05, 0) is 51.5 Å². The Balaban J connectivity index is 1.58. The van der Waals surface area contributed by atoms with Crippen LogP contribution in [0.2, 0.25) is 0 Å². The number of benzene rings is 3. The minimum atomic E-state index is -0.288. The van der Waals surface area contributed by atoms with Crippen LogP contribution in [0.15, 0.2) is 78.0 Å². The molecule has 35 heavy (non-hydrogen) atoms. The lowest BCUT2D eigenvalue weighted by molar-refractivity contribution is -0.115. The lowest BCUT2D eigenvalue weighted by Gasteiger charge is -2.13. The van der Waals surface area contributed by atoms with Gasteiger partial charge < -0.3 is 15.0 Å². The maximum Gasteiger partial charge on any atom is 0.237 e. The zero-order valence-corrected chi connectivity index (χ0v) is 21.4. The molecule has 1 unspecified atom stereocenters. The molecule has 0 saturated heterocycles. The smallest absolute Gasteiger partial charge is 0.237 e. The molecule has 1 amide bonds. The number of hydrogen-bond donors (Lipinski definition) is 2. The molecule has 3 aromatic carbocycles. The topological polar surface area (TPSA) is 67.0 Å². The Morgan fingerprint density at radius 1 is 0.914 bits per heavy atom. The van der Waals surface area contributed by atoms with Gasteiger partial charge in [0, 0.05) is 16.8 Å². The van der Waals surface area contributed by atoms with E-state index >= 15 is 0 Å². The van der Waals surface area contributed by atoms with Crippen molar-refractivity contribution in [3.05, 3.63) is 83.9 Å². The van der Waals surface area contributed by atoms with Crippen LogP contribution in [-0.2, 0) is 4.79 Å². The summed E-state index contributed by atoms with van der Waals surface area (Å²) in [5.74, 6) is 0.738. The van der Waals surface area contributed by atoms with Crippen LogP contribution < -0.4 is 10.1 Å². The summed E-state index contributed by atoms with van der Waals surface area (Å²) < 4.78 is 5.48. The average molecular weight is 486 g/mol. The van der Waals surface area contributed by atoms with E-state index in [4.69, 9.17) is 9.72 Å². The van der Waals surface area contributed by atoms with Crippen molar-refractivity contribution in [3.8, 4) is 28.3 Å². The van der Waals surface area contributed by atoms with Gasteiger partial charge in [-0.1, -0.05) is 78.3 Å². The SMILES string of the molecule is CCOc1ccc(NC(=O)C(CC)Sc2nc(-c3ccc(C)cc3)c(-c3ccc(C)cc3)[nH]2)cc1. The lowest BCUT2D eigenvalue weighted by atomic mass is 10.0. The maximum absolute atomic E-state index is 13.1. The van der Waals surface area contributed by atoms with Crippen LogP contribution in [0.1, 0.15) is 31.4 Å². The van der Waals surface area contributed by atoms with E-state index in [0.717, 1.165) is 39.1 Å². The fourth-order valence-corrected chi connectivity index (χ4v) is 4.64. The number of nitrogens with one attached hydrogen (secondary N) is 2. The van der Waals surface area contributed by atoms with Gasteiger partial charge in [-0.3, -0.25) is 4.79 Å². The summed E-state index contributed by atoms with van der Waals surface area (Å²) in [4.78, 5) is 21.5. The number of aryl methyl sites for hydroxylation is 2. The summed E-state index contributed by atoms with van der Waals surface area (Å²) >= 11 is 1.45. The highest BCUT2D eigenvalue weighted by Gasteiger charge is 2.22. The number of imidazole rings is 1. The first-order chi connectivity index (χ1) is 17.0. The van der Waals surface area contributed by atoms with Gasteiger partial charge in [0.2, 0.25) is 5.91 Å². The fourth-order valence-electron chi connectivity index (χ4n) is 3.74. The van der Waals surface area contributed by atoms with Crippen molar-refractivity contribution in [2.75, 3.05) is 11.9 Å². The highest BCUT2D eigenvalue weighted by molar-refractivity contribution is 8.00. The number of aromatic amines is 1. The van der Waals surface area contributed by atoms with Crippen molar-refractivity contribution in [2.24, 2.45) is 0 Å². The molecule has 0 fully saturated rings. The molecule has 2 N–H and O–H groups in total. The molecule has 1 aromatic heterocycles. The largest absolute Gasteiger partial charge is 0.494 e. The number of ether oxygens (including phenoxy) is 1. The predicted molar refractivity (Wildman–Crippen MR) is 145 cm³/mol. The monoisotopic (exact) mass is 485 g/mol. The molecule has 0 bridgehead atoms. The number of amides is 1. The fraction of sp³-hybridized carbons (Fsp3) is 0.241. The molecule has 0 aliphatic carbocycles. The third-order valence-corrected chi connectivity index (χ3v) is 6.95. The molecule has 1 heterocycles. The van der Waals surface area contributed by atoms with Crippen molar-refractivity contribution >= 4 is 23.4 Å². The lowest BCUT2D eigenvalue weighted by Crippen LogP contribution is -2.24. The summed E-state index contributed by atoms with van der Waals surface area (Å²) in [5, 5.41) is 3.46. The molecular weight excluding hydrogens is 454 g/mol. The summed E-state index contributed by atoms with van der Waals surface area (Å²) in [6.45, 7) is 8.72. The van der Waals surface area contributed by atoms with E-state index in [-0.39, 0.29) is 11.2 Å². The van der Waals surface area contributed by atoms with E-state index in [1.54, 1.807) is 0 Å². The van der Waals surface area contributed by atoms with Crippen LogP contribution in [0, 0.1) is 13.8 Å². The number of anilines is 1. The molecule has 0 aliphatic rings. The first-order valence-electron chi connectivity index (χ1n) is 11.9. The van der Waals surface area contributed by atoms with Crippen LogP contribution in [0.5, 0.6) is 5.75 Å². The molecule has 5 nitrogen and oxygen atoms in total. The molecule has 6 heteroatoms. The summed E-state index contributed by atoms with van der Waals surface area (Å²) in [5.41, 5.74) is 7.11. The van der Waals surface area contributed by atoms with Gasteiger partial charge in [-0.15, -0.1) is 0 Å². The highest BCUT2D eigenvalue weighted by Crippen LogP contribution is 2.35.